The van der Waals surface area contributed by atoms with E-state index < -0.39 is 11.9 Å². The number of nitrogens with one attached hydrogen (secondary N) is 1. The molecule has 2 N–H and O–H groups in total. The summed E-state index contributed by atoms with van der Waals surface area (Å²) in [4.78, 5) is 37.5. The highest BCUT2D eigenvalue weighted by Crippen LogP contribution is 2.29. The Kier molecular flexibility index (Phi) is 4.70. The highest BCUT2D eigenvalue weighted by Gasteiger charge is 2.23. The largest absolute Gasteiger partial charge is 0.477 e. The van der Waals surface area contributed by atoms with Gasteiger partial charge in [-0.25, -0.2) is 4.79 Å². The number of aromatic nitrogens is 1. The Morgan fingerprint density at radius 3 is 2.35 bits per heavy atom. The predicted molar refractivity (Wildman–Crippen MR) is 86.1 cm³/mol. The lowest BCUT2D eigenvalue weighted by Crippen LogP contribution is -2.06. The second-order valence-corrected chi connectivity index (χ2v) is 5.85. The number of esters is 1. The molecular formula is C16H14BrNO5. The maximum absolute atomic E-state index is 12.7. The van der Waals surface area contributed by atoms with Gasteiger partial charge in [0.15, 0.2) is 5.78 Å². The van der Waals surface area contributed by atoms with Crippen molar-refractivity contribution < 1.29 is 24.2 Å². The molecule has 2 aromatic rings. The molecule has 0 aliphatic rings. The number of ketones is 1. The van der Waals surface area contributed by atoms with Crippen molar-refractivity contribution in [2.45, 2.75) is 20.8 Å². The van der Waals surface area contributed by atoms with Crippen LogP contribution in [-0.4, -0.2) is 27.8 Å². The van der Waals surface area contributed by atoms with Crippen LogP contribution in [0.1, 0.15) is 44.6 Å². The number of H-pyrrole nitrogens is 1. The Morgan fingerprint density at radius 1 is 1.22 bits per heavy atom. The van der Waals surface area contributed by atoms with Crippen molar-refractivity contribution in [2.24, 2.45) is 0 Å². The van der Waals surface area contributed by atoms with Gasteiger partial charge in [-0.2, -0.15) is 0 Å². The first-order valence-corrected chi connectivity index (χ1v) is 7.46. The van der Waals surface area contributed by atoms with Gasteiger partial charge >= 0.3 is 11.9 Å². The van der Waals surface area contributed by atoms with Crippen LogP contribution in [0.25, 0.3) is 0 Å². The minimum atomic E-state index is -1.11. The molecule has 0 unspecified atom stereocenters. The van der Waals surface area contributed by atoms with Gasteiger partial charge in [0.1, 0.15) is 11.4 Å². The summed E-state index contributed by atoms with van der Waals surface area (Å²) in [5, 5.41) is 9.12. The minimum absolute atomic E-state index is 0.00134. The van der Waals surface area contributed by atoms with Crippen LogP contribution in [0.15, 0.2) is 22.7 Å². The van der Waals surface area contributed by atoms with Gasteiger partial charge in [0.05, 0.1) is 4.47 Å². The van der Waals surface area contributed by atoms with Crippen molar-refractivity contribution >= 4 is 33.7 Å². The van der Waals surface area contributed by atoms with Crippen LogP contribution in [0.3, 0.4) is 0 Å². The molecule has 7 heteroatoms. The number of benzene rings is 1. The van der Waals surface area contributed by atoms with Crippen LogP contribution in [0.4, 0.5) is 0 Å². The zero-order valence-corrected chi connectivity index (χ0v) is 14.3. The fourth-order valence-corrected chi connectivity index (χ4v) is 2.79. The Bertz CT molecular complexity index is 822. The highest BCUT2D eigenvalue weighted by molar-refractivity contribution is 9.10. The lowest BCUT2D eigenvalue weighted by atomic mass is 9.99. The van der Waals surface area contributed by atoms with Crippen LogP contribution in [0.5, 0.6) is 5.75 Å². The Morgan fingerprint density at radius 2 is 1.87 bits per heavy atom. The molecule has 0 saturated carbocycles. The zero-order valence-electron chi connectivity index (χ0n) is 12.7. The SMILES string of the molecule is CC(=O)Oc1ccc(C(=O)c2c(C)[nH]c(C(=O)O)c2C)cc1Br. The quantitative estimate of drug-likeness (QED) is 0.482. The summed E-state index contributed by atoms with van der Waals surface area (Å²) in [6.45, 7) is 4.52. The van der Waals surface area contributed by atoms with Crippen molar-refractivity contribution in [3.05, 3.63) is 50.8 Å². The maximum Gasteiger partial charge on any atom is 0.352 e. The van der Waals surface area contributed by atoms with Gasteiger partial charge < -0.3 is 14.8 Å². The zero-order chi connectivity index (χ0) is 17.3. The second kappa shape index (κ2) is 6.37. The number of carbonyl (C=O) groups excluding carboxylic acids is 2. The monoisotopic (exact) mass is 379 g/mol. The van der Waals surface area contributed by atoms with Crippen LogP contribution in [0.2, 0.25) is 0 Å². The predicted octanol–water partition coefficient (Wildman–Crippen LogP) is 3.25. The molecule has 1 aromatic carbocycles. The fourth-order valence-electron chi connectivity index (χ4n) is 2.33. The molecule has 1 heterocycles. The molecule has 1 aromatic heterocycles. The molecule has 2 rings (SSSR count). The van der Waals surface area contributed by atoms with Gasteiger partial charge in [-0.1, -0.05) is 0 Å². The molecule has 0 amide bonds. The van der Waals surface area contributed by atoms with E-state index in [1.807, 2.05) is 0 Å². The highest BCUT2D eigenvalue weighted by atomic mass is 79.9. The molecule has 23 heavy (non-hydrogen) atoms. The standard InChI is InChI=1S/C16H14BrNO5/c1-7-13(8(2)18-14(7)16(21)22)15(20)10-4-5-12(11(17)6-10)23-9(3)19/h4-6,18H,1-3H3,(H,21,22). The number of hydrogen-bond donors (Lipinski definition) is 2. The van der Waals surface area contributed by atoms with Crippen molar-refractivity contribution in [3.8, 4) is 5.75 Å². The molecule has 0 spiro atoms. The lowest BCUT2D eigenvalue weighted by Gasteiger charge is -2.07. The van der Waals surface area contributed by atoms with Crippen LogP contribution >= 0.6 is 15.9 Å². The topological polar surface area (TPSA) is 96.5 Å². The molecule has 0 atom stereocenters. The number of carboxylic acids is 1. The van der Waals surface area contributed by atoms with Crippen molar-refractivity contribution in [1.29, 1.82) is 0 Å². The molecule has 0 aliphatic carbocycles. The molecule has 0 bridgehead atoms. The average molecular weight is 380 g/mol. The van der Waals surface area contributed by atoms with Gasteiger partial charge in [0, 0.05) is 23.7 Å². The van der Waals surface area contributed by atoms with Crippen molar-refractivity contribution in [3.63, 3.8) is 0 Å². The van der Waals surface area contributed by atoms with Crippen LogP contribution < -0.4 is 4.74 Å². The van der Waals surface area contributed by atoms with E-state index in [9.17, 15) is 14.4 Å². The van der Waals surface area contributed by atoms with Crippen LogP contribution in [-0.2, 0) is 4.79 Å². The number of hydrogen-bond acceptors (Lipinski definition) is 4. The molecule has 6 nitrogen and oxygen atoms in total. The van der Waals surface area contributed by atoms with Gasteiger partial charge in [-0.15, -0.1) is 0 Å². The number of aromatic carboxylic acids is 1. The van der Waals surface area contributed by atoms with Gasteiger partial charge in [0.2, 0.25) is 0 Å². The normalized spacial score (nSPS) is 10.4. The first kappa shape index (κ1) is 17.0. The third-order valence-electron chi connectivity index (χ3n) is 3.33. The van der Waals surface area contributed by atoms with E-state index in [-0.39, 0.29) is 11.5 Å². The van der Waals surface area contributed by atoms with E-state index >= 15 is 0 Å². The van der Waals surface area contributed by atoms with E-state index in [1.165, 1.54) is 25.1 Å². The third-order valence-corrected chi connectivity index (χ3v) is 3.95. The maximum atomic E-state index is 12.7. The first-order valence-electron chi connectivity index (χ1n) is 6.67. The number of halogens is 1. The summed E-state index contributed by atoms with van der Waals surface area (Å²) in [7, 11) is 0. The van der Waals surface area contributed by atoms with E-state index in [0.29, 0.717) is 32.6 Å². The molecule has 120 valence electrons. The molecule has 0 radical (unpaired) electrons. The van der Waals surface area contributed by atoms with Gasteiger partial charge in [-0.05, 0) is 53.5 Å². The number of rotatable bonds is 4. The van der Waals surface area contributed by atoms with Crippen molar-refractivity contribution in [2.75, 3.05) is 0 Å². The summed E-state index contributed by atoms with van der Waals surface area (Å²) >= 11 is 3.25. The van der Waals surface area contributed by atoms with E-state index in [2.05, 4.69) is 20.9 Å². The molecule has 0 fully saturated rings. The number of carboxylic acid groups (broad SMARTS) is 1. The molecule has 0 saturated heterocycles. The molecule has 0 aliphatic heterocycles. The summed E-state index contributed by atoms with van der Waals surface area (Å²) in [6.07, 6.45) is 0. The number of aryl methyl sites for hydroxylation is 1. The fraction of sp³-hybridized carbons (Fsp3) is 0.188. The van der Waals surface area contributed by atoms with Gasteiger partial charge in [-0.3, -0.25) is 9.59 Å². The summed E-state index contributed by atoms with van der Waals surface area (Å²) in [5.74, 6) is -1.58. The number of carbonyl (C=O) groups is 3. The first-order chi connectivity index (χ1) is 10.7. The Balaban J connectivity index is 2.44. The van der Waals surface area contributed by atoms with Gasteiger partial charge in [0.25, 0.3) is 0 Å². The Labute approximate surface area is 140 Å². The summed E-state index contributed by atoms with van der Waals surface area (Å²) in [5.41, 5.74) is 1.57. The Hall–Kier alpha value is -2.41. The van der Waals surface area contributed by atoms with E-state index in [4.69, 9.17) is 9.84 Å². The van der Waals surface area contributed by atoms with E-state index in [0.717, 1.165) is 0 Å². The summed E-state index contributed by atoms with van der Waals surface area (Å²) < 4.78 is 5.45. The number of aromatic amines is 1. The number of ether oxygens (including phenoxy) is 1. The smallest absolute Gasteiger partial charge is 0.352 e. The van der Waals surface area contributed by atoms with Crippen molar-refractivity contribution in [1.82, 2.24) is 4.98 Å². The average Bonchev–Trinajstić information content (AvgIpc) is 2.75. The lowest BCUT2D eigenvalue weighted by molar-refractivity contribution is -0.131. The third kappa shape index (κ3) is 3.34. The molecular weight excluding hydrogens is 366 g/mol. The minimum Gasteiger partial charge on any atom is -0.477 e. The van der Waals surface area contributed by atoms with Crippen LogP contribution in [0, 0.1) is 13.8 Å². The summed E-state index contributed by atoms with van der Waals surface area (Å²) in [6, 6.07) is 4.57. The second-order valence-electron chi connectivity index (χ2n) is 5.00. The van der Waals surface area contributed by atoms with E-state index in [1.54, 1.807) is 13.8 Å².